The third kappa shape index (κ3) is 4.82. The van der Waals surface area contributed by atoms with Gasteiger partial charge in [0.1, 0.15) is 11.4 Å². The maximum absolute atomic E-state index is 12.5. The van der Waals surface area contributed by atoms with Gasteiger partial charge >= 0.3 is 0 Å². The number of para-hydroxylation sites is 1. The first-order chi connectivity index (χ1) is 14.2. The van der Waals surface area contributed by atoms with Crippen LogP contribution in [0.3, 0.4) is 0 Å². The number of carbonyl (C=O) groups excluding carboxylic acids is 1. The van der Waals surface area contributed by atoms with E-state index in [0.717, 1.165) is 50.2 Å². The highest BCUT2D eigenvalue weighted by Crippen LogP contribution is 2.46. The molecule has 6 nitrogen and oxygen atoms in total. The Morgan fingerprint density at radius 3 is 2.86 bits per heavy atom. The van der Waals surface area contributed by atoms with E-state index in [-0.39, 0.29) is 17.4 Å². The number of ether oxygens (including phenoxy) is 2. The number of fused-ring (bicyclic) bond motifs is 1. The van der Waals surface area contributed by atoms with Crippen molar-refractivity contribution in [3.63, 3.8) is 0 Å². The van der Waals surface area contributed by atoms with Gasteiger partial charge in [-0.3, -0.25) is 9.69 Å². The zero-order valence-electron chi connectivity index (χ0n) is 17.1. The molecule has 0 bridgehead atoms. The zero-order valence-corrected chi connectivity index (χ0v) is 17.1. The van der Waals surface area contributed by atoms with Gasteiger partial charge in [0, 0.05) is 51.2 Å². The van der Waals surface area contributed by atoms with Crippen molar-refractivity contribution in [1.82, 2.24) is 10.2 Å². The summed E-state index contributed by atoms with van der Waals surface area (Å²) in [6.45, 7) is 3.97. The number of nitrogens with one attached hydrogen (secondary N) is 1. The molecule has 0 saturated carbocycles. The Morgan fingerprint density at radius 2 is 2.10 bits per heavy atom. The number of hydrogen-bond acceptors (Lipinski definition) is 5. The van der Waals surface area contributed by atoms with Crippen molar-refractivity contribution < 1.29 is 18.7 Å². The molecule has 1 N–H and O–H groups in total. The molecular weight excluding hydrogens is 368 g/mol. The van der Waals surface area contributed by atoms with Crippen LogP contribution in [0.2, 0.25) is 0 Å². The number of methoxy groups -OCH3 is 1. The lowest BCUT2D eigenvalue weighted by Gasteiger charge is -2.47. The molecule has 3 heterocycles. The van der Waals surface area contributed by atoms with E-state index >= 15 is 0 Å². The Morgan fingerprint density at radius 1 is 1.28 bits per heavy atom. The summed E-state index contributed by atoms with van der Waals surface area (Å²) in [5, 5.41) is 2.96. The van der Waals surface area contributed by atoms with Gasteiger partial charge in [-0.25, -0.2) is 0 Å². The fourth-order valence-electron chi connectivity index (χ4n) is 4.58. The summed E-state index contributed by atoms with van der Waals surface area (Å²) in [5.41, 5.74) is 2.18. The lowest BCUT2D eigenvalue weighted by molar-refractivity contribution is -0.122. The van der Waals surface area contributed by atoms with E-state index < -0.39 is 0 Å². The normalized spacial score (nSPS) is 20.8. The molecule has 29 heavy (non-hydrogen) atoms. The molecule has 1 spiro atoms. The molecule has 2 aromatic rings. The van der Waals surface area contributed by atoms with Crippen LogP contribution in [0.4, 0.5) is 0 Å². The number of benzene rings is 1. The van der Waals surface area contributed by atoms with E-state index in [0.29, 0.717) is 19.6 Å². The van der Waals surface area contributed by atoms with Crippen LogP contribution in [-0.4, -0.2) is 49.8 Å². The van der Waals surface area contributed by atoms with E-state index in [1.165, 1.54) is 5.56 Å². The molecule has 0 aliphatic carbocycles. The maximum atomic E-state index is 12.5. The number of carbonyl (C=O) groups is 1. The fourth-order valence-corrected chi connectivity index (χ4v) is 4.58. The van der Waals surface area contributed by atoms with Crippen molar-refractivity contribution in [3.05, 3.63) is 54.0 Å². The van der Waals surface area contributed by atoms with Gasteiger partial charge in [0.2, 0.25) is 5.91 Å². The Hall–Kier alpha value is -2.31. The Kier molecular flexibility index (Phi) is 6.21. The van der Waals surface area contributed by atoms with Crippen LogP contribution < -0.4 is 10.1 Å². The smallest absolute Gasteiger partial charge is 0.220 e. The average Bonchev–Trinajstić information content (AvgIpc) is 3.23. The third-order valence-electron chi connectivity index (χ3n) is 6.12. The van der Waals surface area contributed by atoms with Gasteiger partial charge < -0.3 is 19.2 Å². The van der Waals surface area contributed by atoms with Gasteiger partial charge in [-0.15, -0.1) is 0 Å². The monoisotopic (exact) mass is 398 g/mol. The molecule has 156 valence electrons. The Balaban J connectivity index is 1.42. The average molecular weight is 399 g/mol. The van der Waals surface area contributed by atoms with Crippen LogP contribution in [0.5, 0.6) is 5.75 Å². The molecule has 1 amide bonds. The number of amides is 1. The van der Waals surface area contributed by atoms with E-state index in [1.54, 1.807) is 13.4 Å². The second-order valence-corrected chi connectivity index (χ2v) is 8.18. The lowest BCUT2D eigenvalue weighted by Crippen LogP contribution is -2.50. The summed E-state index contributed by atoms with van der Waals surface area (Å²) < 4.78 is 16.8. The van der Waals surface area contributed by atoms with E-state index in [9.17, 15) is 4.79 Å². The fraction of sp³-hybridized carbons (Fsp3) is 0.522. The van der Waals surface area contributed by atoms with Crippen LogP contribution in [0, 0.1) is 0 Å². The van der Waals surface area contributed by atoms with Crippen LogP contribution in [0.15, 0.2) is 47.3 Å². The first kappa shape index (κ1) is 20.0. The van der Waals surface area contributed by atoms with Crippen molar-refractivity contribution in [2.45, 2.75) is 43.7 Å². The first-order valence-electron chi connectivity index (χ1n) is 10.4. The van der Waals surface area contributed by atoms with Gasteiger partial charge in [-0.2, -0.15) is 0 Å². The third-order valence-corrected chi connectivity index (χ3v) is 6.12. The number of piperidine rings is 1. The lowest BCUT2D eigenvalue weighted by atomic mass is 9.76. The highest BCUT2D eigenvalue weighted by molar-refractivity contribution is 5.77. The van der Waals surface area contributed by atoms with Gasteiger partial charge in [-0.1, -0.05) is 18.2 Å². The van der Waals surface area contributed by atoms with E-state index in [2.05, 4.69) is 16.3 Å². The standard InChI is InChI=1S/C23H30N2O4/c1-27-13-9-24-22(26)14-19-15-23(29-21-5-3-2-4-20(19)21)7-10-25(11-8-23)16-18-6-12-28-17-18/h2-6,12,17,19H,7-11,13-16H2,1H3,(H,24,26)/t19-/m1/s1. The number of nitrogens with zero attached hydrogens (tertiary/aromatic N) is 1. The molecule has 1 atom stereocenters. The molecule has 6 heteroatoms. The van der Waals surface area contributed by atoms with Crippen LogP contribution in [0.25, 0.3) is 0 Å². The predicted octanol–water partition coefficient (Wildman–Crippen LogP) is 3.33. The van der Waals surface area contributed by atoms with Crippen LogP contribution in [0.1, 0.15) is 42.7 Å². The molecule has 1 aromatic heterocycles. The summed E-state index contributed by atoms with van der Waals surface area (Å²) in [6.07, 6.45) is 6.87. The van der Waals surface area contributed by atoms with E-state index in [4.69, 9.17) is 13.9 Å². The van der Waals surface area contributed by atoms with Crippen LogP contribution >= 0.6 is 0 Å². The van der Waals surface area contributed by atoms with Crippen molar-refractivity contribution >= 4 is 5.91 Å². The molecular formula is C23H30N2O4. The highest BCUT2D eigenvalue weighted by Gasteiger charge is 2.43. The summed E-state index contributed by atoms with van der Waals surface area (Å²) in [5.74, 6) is 1.20. The second kappa shape index (κ2) is 9.01. The molecule has 0 unspecified atom stereocenters. The second-order valence-electron chi connectivity index (χ2n) is 8.18. The molecule has 1 fully saturated rings. The minimum Gasteiger partial charge on any atom is -0.487 e. The molecule has 0 radical (unpaired) electrons. The molecule has 2 aliphatic heterocycles. The molecule has 1 aromatic carbocycles. The molecule has 4 rings (SSSR count). The maximum Gasteiger partial charge on any atom is 0.220 e. The highest BCUT2D eigenvalue weighted by atomic mass is 16.5. The van der Waals surface area contributed by atoms with Gasteiger partial charge in [0.25, 0.3) is 0 Å². The van der Waals surface area contributed by atoms with Crippen molar-refractivity contribution in [3.8, 4) is 5.75 Å². The summed E-state index contributed by atoms with van der Waals surface area (Å²) >= 11 is 0. The first-order valence-corrected chi connectivity index (χ1v) is 10.4. The zero-order chi connectivity index (χ0) is 20.1. The Labute approximate surface area is 172 Å². The van der Waals surface area contributed by atoms with Gasteiger partial charge in [-0.05, 0) is 37.0 Å². The SMILES string of the molecule is COCCNC(=O)C[C@@H]1CC2(CCN(Cc3ccoc3)CC2)Oc2ccccc21. The number of likely N-dealkylation sites (tertiary alicyclic amines) is 1. The minimum absolute atomic E-state index is 0.0799. The largest absolute Gasteiger partial charge is 0.487 e. The minimum atomic E-state index is -0.182. The van der Waals surface area contributed by atoms with Crippen molar-refractivity contribution in [1.29, 1.82) is 0 Å². The number of rotatable bonds is 7. The topological polar surface area (TPSA) is 63.9 Å². The van der Waals surface area contributed by atoms with Gasteiger partial charge in [0.05, 0.1) is 19.1 Å². The summed E-state index contributed by atoms with van der Waals surface area (Å²) in [4.78, 5) is 14.9. The van der Waals surface area contributed by atoms with E-state index in [1.807, 2.05) is 30.5 Å². The molecule has 2 aliphatic rings. The predicted molar refractivity (Wildman–Crippen MR) is 110 cm³/mol. The quantitative estimate of drug-likeness (QED) is 0.725. The van der Waals surface area contributed by atoms with Crippen molar-refractivity contribution in [2.24, 2.45) is 0 Å². The van der Waals surface area contributed by atoms with Crippen molar-refractivity contribution in [2.75, 3.05) is 33.4 Å². The summed E-state index contributed by atoms with van der Waals surface area (Å²) in [7, 11) is 1.64. The summed E-state index contributed by atoms with van der Waals surface area (Å²) in [6, 6.07) is 10.2. The van der Waals surface area contributed by atoms with Gasteiger partial charge in [0.15, 0.2) is 0 Å². The van der Waals surface area contributed by atoms with Crippen LogP contribution in [-0.2, 0) is 16.1 Å². The number of furan rings is 1. The number of hydrogen-bond donors (Lipinski definition) is 1. The Bertz CT molecular complexity index is 797. The molecule has 1 saturated heterocycles.